The van der Waals surface area contributed by atoms with E-state index in [9.17, 15) is 0 Å². The largest absolute Gasteiger partial charge is 0.373 e. The standard InChI is InChI=1S/C12H13N3.C2H6/c1-9-7-10(3-5-14-9)11-4-6-15-12(8-11)13-2;1-2/h3-8H,1-2H3,(H,13,15);1-2H3. The smallest absolute Gasteiger partial charge is 0.126 e. The Hall–Kier alpha value is -1.90. The highest BCUT2D eigenvalue weighted by atomic mass is 14.9. The number of hydrogen-bond donors (Lipinski definition) is 1. The van der Waals surface area contributed by atoms with Gasteiger partial charge >= 0.3 is 0 Å². The Kier molecular flexibility index (Phi) is 5.14. The molecule has 0 aliphatic carbocycles. The van der Waals surface area contributed by atoms with Crippen molar-refractivity contribution in [2.24, 2.45) is 0 Å². The fourth-order valence-corrected chi connectivity index (χ4v) is 1.47. The topological polar surface area (TPSA) is 37.8 Å². The molecule has 2 heterocycles. The van der Waals surface area contributed by atoms with Gasteiger partial charge in [-0.1, -0.05) is 13.8 Å². The second-order valence-electron chi connectivity index (χ2n) is 3.37. The maximum atomic E-state index is 4.18. The van der Waals surface area contributed by atoms with Gasteiger partial charge < -0.3 is 5.32 Å². The van der Waals surface area contributed by atoms with Crippen molar-refractivity contribution in [2.75, 3.05) is 12.4 Å². The molecule has 2 aromatic rings. The molecule has 0 saturated carbocycles. The molecule has 0 amide bonds. The summed E-state index contributed by atoms with van der Waals surface area (Å²) < 4.78 is 0. The quantitative estimate of drug-likeness (QED) is 0.856. The third-order valence-corrected chi connectivity index (χ3v) is 2.25. The van der Waals surface area contributed by atoms with Gasteiger partial charge in [0.25, 0.3) is 0 Å². The van der Waals surface area contributed by atoms with Crippen LogP contribution in [0.2, 0.25) is 0 Å². The van der Waals surface area contributed by atoms with E-state index < -0.39 is 0 Å². The molecule has 0 fully saturated rings. The molecule has 2 rings (SSSR count). The van der Waals surface area contributed by atoms with Gasteiger partial charge in [-0.2, -0.15) is 0 Å². The number of nitrogens with zero attached hydrogens (tertiary/aromatic N) is 2. The maximum Gasteiger partial charge on any atom is 0.126 e. The summed E-state index contributed by atoms with van der Waals surface area (Å²) in [7, 11) is 1.86. The van der Waals surface area contributed by atoms with Crippen molar-refractivity contribution in [1.82, 2.24) is 9.97 Å². The molecule has 17 heavy (non-hydrogen) atoms. The zero-order valence-electron chi connectivity index (χ0n) is 10.9. The number of nitrogens with one attached hydrogen (secondary N) is 1. The molecule has 3 heteroatoms. The molecule has 0 unspecified atom stereocenters. The predicted octanol–water partition coefficient (Wildman–Crippen LogP) is 3.52. The zero-order chi connectivity index (χ0) is 12.7. The molecule has 0 saturated heterocycles. The van der Waals surface area contributed by atoms with E-state index in [1.165, 1.54) is 5.56 Å². The minimum Gasteiger partial charge on any atom is -0.373 e. The van der Waals surface area contributed by atoms with Crippen LogP contribution in [0.5, 0.6) is 0 Å². The first kappa shape index (κ1) is 13.2. The Balaban J connectivity index is 0.000000686. The summed E-state index contributed by atoms with van der Waals surface area (Å²) in [4.78, 5) is 8.36. The lowest BCUT2D eigenvalue weighted by molar-refractivity contribution is 1.20. The van der Waals surface area contributed by atoms with E-state index in [1.807, 2.05) is 52.2 Å². The van der Waals surface area contributed by atoms with Gasteiger partial charge in [0, 0.05) is 25.1 Å². The molecule has 2 aromatic heterocycles. The van der Waals surface area contributed by atoms with Crippen LogP contribution < -0.4 is 5.32 Å². The summed E-state index contributed by atoms with van der Waals surface area (Å²) in [6, 6.07) is 8.08. The minimum atomic E-state index is 0.877. The van der Waals surface area contributed by atoms with E-state index in [-0.39, 0.29) is 0 Å². The predicted molar refractivity (Wildman–Crippen MR) is 73.1 cm³/mol. The van der Waals surface area contributed by atoms with E-state index >= 15 is 0 Å². The molecule has 0 aromatic carbocycles. The lowest BCUT2D eigenvalue weighted by Gasteiger charge is -2.04. The average molecular weight is 229 g/mol. The molecule has 0 atom stereocenters. The lowest BCUT2D eigenvalue weighted by Crippen LogP contribution is -1.92. The maximum absolute atomic E-state index is 4.18. The van der Waals surface area contributed by atoms with Crippen molar-refractivity contribution >= 4 is 5.82 Å². The van der Waals surface area contributed by atoms with E-state index in [0.29, 0.717) is 0 Å². The highest BCUT2D eigenvalue weighted by Gasteiger charge is 1.99. The zero-order valence-corrected chi connectivity index (χ0v) is 10.9. The molecular weight excluding hydrogens is 210 g/mol. The van der Waals surface area contributed by atoms with Gasteiger partial charge in [-0.15, -0.1) is 0 Å². The van der Waals surface area contributed by atoms with Gasteiger partial charge in [-0.05, 0) is 42.3 Å². The molecule has 90 valence electrons. The van der Waals surface area contributed by atoms with E-state index in [0.717, 1.165) is 17.1 Å². The average Bonchev–Trinajstić information content (AvgIpc) is 2.41. The van der Waals surface area contributed by atoms with Crippen molar-refractivity contribution in [2.45, 2.75) is 20.8 Å². The van der Waals surface area contributed by atoms with Gasteiger partial charge in [0.15, 0.2) is 0 Å². The number of aromatic nitrogens is 2. The fraction of sp³-hybridized carbons (Fsp3) is 0.286. The normalized spacial score (nSPS) is 9.18. The molecule has 0 radical (unpaired) electrons. The van der Waals surface area contributed by atoms with Crippen LogP contribution in [-0.2, 0) is 0 Å². The summed E-state index contributed by atoms with van der Waals surface area (Å²) in [5, 5.41) is 3.02. The number of anilines is 1. The molecule has 1 N–H and O–H groups in total. The first-order chi connectivity index (χ1) is 8.29. The second-order valence-corrected chi connectivity index (χ2v) is 3.37. The SMILES string of the molecule is CC.CNc1cc(-c2ccnc(C)c2)ccn1. The van der Waals surface area contributed by atoms with E-state index in [1.54, 1.807) is 6.20 Å². The van der Waals surface area contributed by atoms with Crippen molar-refractivity contribution < 1.29 is 0 Å². The Morgan fingerprint density at radius 1 is 0.941 bits per heavy atom. The van der Waals surface area contributed by atoms with E-state index in [2.05, 4.69) is 21.4 Å². The van der Waals surface area contributed by atoms with Crippen molar-refractivity contribution in [3.05, 3.63) is 42.4 Å². The monoisotopic (exact) mass is 229 g/mol. The molecule has 0 aliphatic rings. The first-order valence-electron chi connectivity index (χ1n) is 5.86. The van der Waals surface area contributed by atoms with Gasteiger partial charge in [-0.3, -0.25) is 4.98 Å². The Bertz CT molecular complexity index is 467. The van der Waals surface area contributed by atoms with Crippen LogP contribution in [0.15, 0.2) is 36.7 Å². The van der Waals surface area contributed by atoms with Crippen LogP contribution in [0.1, 0.15) is 19.5 Å². The second kappa shape index (κ2) is 6.63. The van der Waals surface area contributed by atoms with Gasteiger partial charge in [0.1, 0.15) is 5.82 Å². The van der Waals surface area contributed by atoms with Gasteiger partial charge in [-0.25, -0.2) is 4.98 Å². The van der Waals surface area contributed by atoms with Crippen LogP contribution in [0, 0.1) is 6.92 Å². The van der Waals surface area contributed by atoms with Gasteiger partial charge in [0.2, 0.25) is 0 Å². The Morgan fingerprint density at radius 2 is 1.53 bits per heavy atom. The highest BCUT2D eigenvalue weighted by molar-refractivity contribution is 5.66. The lowest BCUT2D eigenvalue weighted by atomic mass is 10.1. The minimum absolute atomic E-state index is 0.877. The molecular formula is C14H19N3. The van der Waals surface area contributed by atoms with Crippen LogP contribution >= 0.6 is 0 Å². The summed E-state index contributed by atoms with van der Waals surface area (Å²) in [6.45, 7) is 5.99. The van der Waals surface area contributed by atoms with Crippen molar-refractivity contribution in [3.63, 3.8) is 0 Å². The molecule has 0 bridgehead atoms. The van der Waals surface area contributed by atoms with Crippen LogP contribution in [0.4, 0.5) is 5.82 Å². The highest BCUT2D eigenvalue weighted by Crippen LogP contribution is 2.20. The third kappa shape index (κ3) is 3.55. The molecule has 0 spiro atoms. The summed E-state index contributed by atoms with van der Waals surface area (Å²) in [6.07, 6.45) is 3.63. The Morgan fingerprint density at radius 3 is 2.12 bits per heavy atom. The van der Waals surface area contributed by atoms with Crippen LogP contribution in [0.25, 0.3) is 11.1 Å². The van der Waals surface area contributed by atoms with Gasteiger partial charge in [0.05, 0.1) is 0 Å². The van der Waals surface area contributed by atoms with Crippen molar-refractivity contribution in [1.29, 1.82) is 0 Å². The van der Waals surface area contributed by atoms with Crippen LogP contribution in [-0.4, -0.2) is 17.0 Å². The number of aryl methyl sites for hydroxylation is 1. The number of rotatable bonds is 2. The molecule has 3 nitrogen and oxygen atoms in total. The summed E-state index contributed by atoms with van der Waals surface area (Å²) in [5.41, 5.74) is 3.34. The number of hydrogen-bond acceptors (Lipinski definition) is 3. The fourth-order valence-electron chi connectivity index (χ4n) is 1.47. The summed E-state index contributed by atoms with van der Waals surface area (Å²) >= 11 is 0. The van der Waals surface area contributed by atoms with E-state index in [4.69, 9.17) is 0 Å². The van der Waals surface area contributed by atoms with Crippen molar-refractivity contribution in [3.8, 4) is 11.1 Å². The van der Waals surface area contributed by atoms with Crippen LogP contribution in [0.3, 0.4) is 0 Å². The third-order valence-electron chi connectivity index (χ3n) is 2.25. The summed E-state index contributed by atoms with van der Waals surface area (Å²) in [5.74, 6) is 0.877. The number of pyridine rings is 2. The Labute approximate surface area is 103 Å². The first-order valence-corrected chi connectivity index (χ1v) is 5.86. The molecule has 0 aliphatic heterocycles.